The lowest BCUT2D eigenvalue weighted by Crippen LogP contribution is -2.31. The number of carbonyl (C=O) groups excluding carboxylic acids is 2. The van der Waals surface area contributed by atoms with Gasteiger partial charge in [0.15, 0.2) is 5.76 Å². The van der Waals surface area contributed by atoms with Crippen molar-refractivity contribution in [1.29, 1.82) is 0 Å². The highest BCUT2D eigenvalue weighted by molar-refractivity contribution is 7.12. The Bertz CT molecular complexity index is 1030. The fraction of sp³-hybridized carbons (Fsp3) is 0.0500. The lowest BCUT2D eigenvalue weighted by atomic mass is 9.96. The van der Waals surface area contributed by atoms with Crippen molar-refractivity contribution in [3.63, 3.8) is 0 Å². The molecule has 1 atom stereocenters. The summed E-state index contributed by atoms with van der Waals surface area (Å²) in [6.45, 7) is 0. The first-order valence-corrected chi connectivity index (χ1v) is 8.96. The average Bonchev–Trinajstić information content (AvgIpc) is 3.31. The Labute approximate surface area is 158 Å². The standard InChI is InChI=1S/C20H13FN2O3S/c21-13-5-7-14(8-6-13)23-17(12-3-1-9-22-11-12)16(19(25)20(23)26)18(24)15-4-2-10-27-15/h1-11,17,25H. The number of benzene rings is 1. The third kappa shape index (κ3) is 2.92. The first-order chi connectivity index (χ1) is 13.1. The van der Waals surface area contributed by atoms with Gasteiger partial charge in [-0.3, -0.25) is 19.5 Å². The van der Waals surface area contributed by atoms with Crippen LogP contribution in [-0.4, -0.2) is 21.8 Å². The average molecular weight is 380 g/mol. The minimum absolute atomic E-state index is 0.0141. The Balaban J connectivity index is 1.87. The molecule has 0 radical (unpaired) electrons. The molecule has 27 heavy (non-hydrogen) atoms. The van der Waals surface area contributed by atoms with E-state index in [4.69, 9.17) is 0 Å². The summed E-state index contributed by atoms with van der Waals surface area (Å²) in [6.07, 6.45) is 3.11. The Kier molecular flexibility index (Phi) is 4.29. The molecule has 0 aliphatic carbocycles. The number of ketones is 1. The number of aliphatic hydroxyl groups excluding tert-OH is 1. The molecule has 4 rings (SSSR count). The van der Waals surface area contributed by atoms with Gasteiger partial charge in [-0.15, -0.1) is 11.3 Å². The van der Waals surface area contributed by atoms with Gasteiger partial charge in [0, 0.05) is 18.1 Å². The van der Waals surface area contributed by atoms with Crippen LogP contribution in [0, 0.1) is 5.82 Å². The zero-order valence-corrected chi connectivity index (χ0v) is 14.7. The molecule has 3 aromatic rings. The van der Waals surface area contributed by atoms with Crippen LogP contribution in [0.25, 0.3) is 0 Å². The smallest absolute Gasteiger partial charge is 0.294 e. The van der Waals surface area contributed by atoms with E-state index in [0.717, 1.165) is 0 Å². The molecule has 7 heteroatoms. The number of anilines is 1. The molecular formula is C20H13FN2O3S. The van der Waals surface area contributed by atoms with Gasteiger partial charge in [0.25, 0.3) is 5.91 Å². The third-order valence-corrected chi connectivity index (χ3v) is 5.17. The molecule has 1 amide bonds. The topological polar surface area (TPSA) is 70.5 Å². The van der Waals surface area contributed by atoms with Gasteiger partial charge in [-0.25, -0.2) is 4.39 Å². The van der Waals surface area contributed by atoms with Crippen molar-refractivity contribution in [3.05, 3.63) is 93.9 Å². The number of Topliss-reactive ketones (excluding diaryl/α,β-unsaturated/α-hetero) is 1. The highest BCUT2D eigenvalue weighted by atomic mass is 32.1. The molecule has 0 spiro atoms. The number of hydrogen-bond acceptors (Lipinski definition) is 5. The van der Waals surface area contributed by atoms with Crippen molar-refractivity contribution in [1.82, 2.24) is 4.98 Å². The van der Waals surface area contributed by atoms with E-state index in [1.165, 1.54) is 46.7 Å². The summed E-state index contributed by atoms with van der Waals surface area (Å²) in [4.78, 5) is 31.6. The van der Waals surface area contributed by atoms with E-state index >= 15 is 0 Å². The number of nitrogens with zero attached hydrogens (tertiary/aromatic N) is 2. The van der Waals surface area contributed by atoms with E-state index in [1.807, 2.05) is 0 Å². The van der Waals surface area contributed by atoms with Crippen molar-refractivity contribution in [3.8, 4) is 0 Å². The van der Waals surface area contributed by atoms with Crippen LogP contribution in [0.5, 0.6) is 0 Å². The van der Waals surface area contributed by atoms with Crippen molar-refractivity contribution < 1.29 is 19.1 Å². The summed E-state index contributed by atoms with van der Waals surface area (Å²) in [5.74, 6) is -2.19. The van der Waals surface area contributed by atoms with Crippen molar-refractivity contribution in [2.24, 2.45) is 0 Å². The zero-order valence-electron chi connectivity index (χ0n) is 13.9. The molecule has 3 heterocycles. The summed E-state index contributed by atoms with van der Waals surface area (Å²) in [7, 11) is 0. The lowest BCUT2D eigenvalue weighted by Gasteiger charge is -2.26. The second kappa shape index (κ2) is 6.77. The molecule has 5 nitrogen and oxygen atoms in total. The predicted molar refractivity (Wildman–Crippen MR) is 99.2 cm³/mol. The van der Waals surface area contributed by atoms with Crippen LogP contribution in [-0.2, 0) is 4.79 Å². The summed E-state index contributed by atoms with van der Waals surface area (Å²) in [5, 5.41) is 12.3. The number of pyridine rings is 1. The molecule has 134 valence electrons. The third-order valence-electron chi connectivity index (χ3n) is 4.30. The van der Waals surface area contributed by atoms with E-state index in [2.05, 4.69) is 4.98 Å². The van der Waals surface area contributed by atoms with E-state index in [-0.39, 0.29) is 5.57 Å². The van der Waals surface area contributed by atoms with Crippen molar-refractivity contribution in [2.75, 3.05) is 4.90 Å². The molecule has 0 saturated heterocycles. The normalized spacial score (nSPS) is 16.9. The number of halogens is 1. The number of thiophene rings is 1. The van der Waals surface area contributed by atoms with Gasteiger partial charge in [-0.2, -0.15) is 0 Å². The fourth-order valence-electron chi connectivity index (χ4n) is 3.10. The van der Waals surface area contributed by atoms with Crippen LogP contribution in [0.1, 0.15) is 21.3 Å². The van der Waals surface area contributed by atoms with Crippen LogP contribution >= 0.6 is 11.3 Å². The SMILES string of the molecule is O=C(C1=C(O)C(=O)N(c2ccc(F)cc2)C1c1cccnc1)c1cccs1. The number of aliphatic hydroxyl groups is 1. The number of amides is 1. The predicted octanol–water partition coefficient (Wildman–Crippen LogP) is 4.07. The first kappa shape index (κ1) is 17.1. The Morgan fingerprint density at radius 3 is 2.56 bits per heavy atom. The Hall–Kier alpha value is -3.32. The lowest BCUT2D eigenvalue weighted by molar-refractivity contribution is -0.117. The van der Waals surface area contributed by atoms with E-state index < -0.39 is 29.3 Å². The van der Waals surface area contributed by atoms with Crippen molar-refractivity contribution >= 4 is 28.7 Å². The fourth-order valence-corrected chi connectivity index (χ4v) is 3.78. The monoisotopic (exact) mass is 380 g/mol. The second-order valence-corrected chi connectivity index (χ2v) is 6.86. The molecule has 0 saturated carbocycles. The first-order valence-electron chi connectivity index (χ1n) is 8.08. The largest absolute Gasteiger partial charge is 0.503 e. The number of aromatic nitrogens is 1. The molecule has 2 aromatic heterocycles. The maximum Gasteiger partial charge on any atom is 0.294 e. The maximum atomic E-state index is 13.3. The van der Waals surface area contributed by atoms with Gasteiger partial charge in [-0.1, -0.05) is 12.1 Å². The number of rotatable bonds is 4. The van der Waals surface area contributed by atoms with Gasteiger partial charge in [0.05, 0.1) is 16.5 Å². The van der Waals surface area contributed by atoms with Crippen LogP contribution in [0.4, 0.5) is 10.1 Å². The van der Waals surface area contributed by atoms with E-state index in [1.54, 1.807) is 35.8 Å². The molecule has 1 aliphatic heterocycles. The van der Waals surface area contributed by atoms with Crippen LogP contribution in [0.15, 0.2) is 77.6 Å². The van der Waals surface area contributed by atoms with Gasteiger partial charge >= 0.3 is 0 Å². The highest BCUT2D eigenvalue weighted by Gasteiger charge is 2.44. The Morgan fingerprint density at radius 2 is 1.93 bits per heavy atom. The summed E-state index contributed by atoms with van der Waals surface area (Å²) in [5.41, 5.74) is 0.926. The van der Waals surface area contributed by atoms with Crippen molar-refractivity contribution in [2.45, 2.75) is 6.04 Å². The van der Waals surface area contributed by atoms with Gasteiger partial charge in [0.2, 0.25) is 5.78 Å². The maximum absolute atomic E-state index is 13.3. The zero-order chi connectivity index (χ0) is 19.0. The van der Waals surface area contributed by atoms with Gasteiger partial charge < -0.3 is 5.11 Å². The molecule has 1 N–H and O–H groups in total. The molecular weight excluding hydrogens is 367 g/mol. The number of hydrogen-bond donors (Lipinski definition) is 1. The Morgan fingerprint density at radius 1 is 1.15 bits per heavy atom. The van der Waals surface area contributed by atoms with Crippen LogP contribution in [0.3, 0.4) is 0 Å². The van der Waals surface area contributed by atoms with Crippen LogP contribution < -0.4 is 4.90 Å². The summed E-state index contributed by atoms with van der Waals surface area (Å²) < 4.78 is 13.3. The van der Waals surface area contributed by atoms with Gasteiger partial charge in [-0.05, 0) is 47.3 Å². The van der Waals surface area contributed by atoms with E-state index in [0.29, 0.717) is 16.1 Å². The van der Waals surface area contributed by atoms with E-state index in [9.17, 15) is 19.1 Å². The molecule has 1 aliphatic rings. The summed E-state index contributed by atoms with van der Waals surface area (Å²) >= 11 is 1.23. The second-order valence-electron chi connectivity index (χ2n) is 5.91. The molecule has 1 unspecified atom stereocenters. The highest BCUT2D eigenvalue weighted by Crippen LogP contribution is 2.41. The molecule has 1 aromatic carbocycles. The summed E-state index contributed by atoms with van der Waals surface area (Å²) in [6, 6.07) is 11.2. The minimum atomic E-state index is -0.855. The minimum Gasteiger partial charge on any atom is -0.503 e. The molecule has 0 fully saturated rings. The van der Waals surface area contributed by atoms with Crippen LogP contribution in [0.2, 0.25) is 0 Å². The van der Waals surface area contributed by atoms with Gasteiger partial charge in [0.1, 0.15) is 5.82 Å². The number of carbonyl (C=O) groups is 2. The quantitative estimate of drug-likeness (QED) is 0.693. The molecule has 0 bridgehead atoms.